The van der Waals surface area contributed by atoms with Gasteiger partial charge in [0.15, 0.2) is 0 Å². The van der Waals surface area contributed by atoms with Crippen molar-refractivity contribution >= 4 is 23.6 Å². The Bertz CT molecular complexity index is 928. The summed E-state index contributed by atoms with van der Waals surface area (Å²) in [6, 6.07) is 16.4. The molecule has 0 heterocycles. The molecule has 0 fully saturated rings. The predicted octanol–water partition coefficient (Wildman–Crippen LogP) is 4.68. The number of unbranched alkanes of at least 4 members (excludes halogenated alkanes) is 2. The van der Waals surface area contributed by atoms with Gasteiger partial charge >= 0.3 is 0 Å². The van der Waals surface area contributed by atoms with Crippen molar-refractivity contribution in [3.63, 3.8) is 0 Å². The molecule has 0 aliphatic carbocycles. The predicted molar refractivity (Wildman–Crippen MR) is 126 cm³/mol. The van der Waals surface area contributed by atoms with E-state index in [1.807, 2.05) is 18.2 Å². The number of amides is 2. The smallest absolute Gasteiger partial charge is 0.270 e. The van der Waals surface area contributed by atoms with Crippen LogP contribution in [0.25, 0.3) is 6.08 Å². The number of benzene rings is 2. The van der Waals surface area contributed by atoms with Crippen LogP contribution >= 0.6 is 0 Å². The van der Waals surface area contributed by atoms with Gasteiger partial charge in [0.1, 0.15) is 0 Å². The van der Waals surface area contributed by atoms with Crippen molar-refractivity contribution in [2.45, 2.75) is 39.7 Å². The van der Waals surface area contributed by atoms with E-state index in [1.54, 1.807) is 12.1 Å². The molecule has 0 saturated heterocycles. The van der Waals surface area contributed by atoms with Gasteiger partial charge in [0, 0.05) is 38.2 Å². The van der Waals surface area contributed by atoms with E-state index < -0.39 is 10.8 Å². The Morgan fingerprint density at radius 3 is 2.38 bits per heavy atom. The number of carbonyl (C=O) groups excluding carboxylic acids is 2. The Morgan fingerprint density at radius 1 is 1.00 bits per heavy atom. The van der Waals surface area contributed by atoms with Crippen LogP contribution in [0, 0.1) is 10.1 Å². The first kappa shape index (κ1) is 24.9. The van der Waals surface area contributed by atoms with E-state index >= 15 is 0 Å². The van der Waals surface area contributed by atoms with Crippen molar-refractivity contribution < 1.29 is 14.5 Å². The van der Waals surface area contributed by atoms with Gasteiger partial charge in [-0.2, -0.15) is 0 Å². The zero-order valence-corrected chi connectivity index (χ0v) is 18.8. The van der Waals surface area contributed by atoms with Crippen molar-refractivity contribution in [2.75, 3.05) is 19.6 Å². The third-order valence-corrected chi connectivity index (χ3v) is 5.20. The SMILES string of the molecule is CCN(CCCCCN(C(C)=O)C(=O)/C=C/c1cccc([N+](=O)[O-])c1)Cc1ccccc1. The average Bonchev–Trinajstić information content (AvgIpc) is 2.79. The molecule has 2 rings (SSSR count). The number of non-ortho nitro benzene ring substituents is 1. The summed E-state index contributed by atoms with van der Waals surface area (Å²) in [7, 11) is 0. The maximum absolute atomic E-state index is 12.5. The highest BCUT2D eigenvalue weighted by molar-refractivity contribution is 6.02. The number of rotatable bonds is 12. The van der Waals surface area contributed by atoms with E-state index in [2.05, 4.69) is 24.0 Å². The van der Waals surface area contributed by atoms with Crippen LogP contribution in [0.2, 0.25) is 0 Å². The second-order valence-corrected chi connectivity index (χ2v) is 7.61. The number of carbonyl (C=O) groups is 2. The minimum Gasteiger partial charge on any atom is -0.299 e. The van der Waals surface area contributed by atoms with E-state index in [4.69, 9.17) is 0 Å². The summed E-state index contributed by atoms with van der Waals surface area (Å²) in [5.74, 6) is -0.721. The van der Waals surface area contributed by atoms with Gasteiger partial charge in [0.25, 0.3) is 11.6 Å². The third-order valence-electron chi connectivity index (χ3n) is 5.20. The third kappa shape index (κ3) is 8.43. The van der Waals surface area contributed by atoms with Gasteiger partial charge in [-0.15, -0.1) is 0 Å². The van der Waals surface area contributed by atoms with Gasteiger partial charge < -0.3 is 0 Å². The first-order valence-electron chi connectivity index (χ1n) is 10.9. The molecular formula is C25H31N3O4. The summed E-state index contributed by atoms with van der Waals surface area (Å²) in [6.45, 7) is 6.72. The van der Waals surface area contributed by atoms with E-state index in [1.165, 1.54) is 41.7 Å². The van der Waals surface area contributed by atoms with Gasteiger partial charge in [-0.25, -0.2) is 0 Å². The van der Waals surface area contributed by atoms with Crippen LogP contribution in [0.4, 0.5) is 5.69 Å². The number of hydrogen-bond acceptors (Lipinski definition) is 5. The molecule has 0 spiro atoms. The number of hydrogen-bond donors (Lipinski definition) is 0. The van der Waals surface area contributed by atoms with Gasteiger partial charge in [-0.05, 0) is 43.1 Å². The zero-order chi connectivity index (χ0) is 23.3. The molecule has 0 unspecified atom stereocenters. The number of nitrogens with zero attached hydrogens (tertiary/aromatic N) is 3. The fourth-order valence-corrected chi connectivity index (χ4v) is 3.40. The van der Waals surface area contributed by atoms with Crippen LogP contribution in [0.3, 0.4) is 0 Å². The average molecular weight is 438 g/mol. The Labute approximate surface area is 189 Å². The summed E-state index contributed by atoms with van der Waals surface area (Å²) in [6.07, 6.45) is 5.42. The van der Waals surface area contributed by atoms with E-state index in [-0.39, 0.29) is 11.6 Å². The van der Waals surface area contributed by atoms with Gasteiger partial charge in [0.05, 0.1) is 4.92 Å². The van der Waals surface area contributed by atoms with Crippen LogP contribution in [-0.4, -0.2) is 46.2 Å². The first-order chi connectivity index (χ1) is 15.4. The van der Waals surface area contributed by atoms with Crippen molar-refractivity contribution in [3.8, 4) is 0 Å². The van der Waals surface area contributed by atoms with Crippen molar-refractivity contribution in [1.82, 2.24) is 9.80 Å². The molecule has 0 saturated carbocycles. The summed E-state index contributed by atoms with van der Waals surface area (Å²) >= 11 is 0. The molecule has 7 nitrogen and oxygen atoms in total. The van der Waals surface area contributed by atoms with Crippen LogP contribution < -0.4 is 0 Å². The van der Waals surface area contributed by atoms with Crippen LogP contribution in [0.15, 0.2) is 60.7 Å². The number of nitro groups is 1. The quantitative estimate of drug-likeness (QED) is 0.208. The Hall–Kier alpha value is -3.32. The molecule has 0 aromatic heterocycles. The Morgan fingerprint density at radius 2 is 1.72 bits per heavy atom. The molecule has 0 aliphatic heterocycles. The van der Waals surface area contributed by atoms with Crippen molar-refractivity contribution in [2.24, 2.45) is 0 Å². The normalized spacial score (nSPS) is 11.1. The molecule has 2 aromatic rings. The van der Waals surface area contributed by atoms with Crippen LogP contribution in [0.1, 0.15) is 44.2 Å². The molecule has 0 radical (unpaired) electrons. The molecule has 0 atom stereocenters. The lowest BCUT2D eigenvalue weighted by atomic mass is 10.1. The molecular weight excluding hydrogens is 406 g/mol. The number of imide groups is 1. The van der Waals surface area contributed by atoms with E-state index in [0.717, 1.165) is 38.9 Å². The van der Waals surface area contributed by atoms with Crippen LogP contribution in [0.5, 0.6) is 0 Å². The minimum absolute atomic E-state index is 0.0450. The van der Waals surface area contributed by atoms with E-state index in [0.29, 0.717) is 12.1 Å². The molecule has 7 heteroatoms. The molecule has 0 N–H and O–H groups in total. The van der Waals surface area contributed by atoms with Gasteiger partial charge in [-0.3, -0.25) is 29.5 Å². The highest BCUT2D eigenvalue weighted by Gasteiger charge is 2.15. The fraction of sp³-hybridized carbons (Fsp3) is 0.360. The lowest BCUT2D eigenvalue weighted by Gasteiger charge is -2.21. The largest absolute Gasteiger partial charge is 0.299 e. The first-order valence-corrected chi connectivity index (χ1v) is 10.9. The van der Waals surface area contributed by atoms with E-state index in [9.17, 15) is 19.7 Å². The molecule has 0 bridgehead atoms. The topological polar surface area (TPSA) is 83.8 Å². The standard InChI is InChI=1S/C25H31N3O4/c1-3-26(20-23-11-6-4-7-12-23)17-8-5-9-18-27(21(2)29)25(30)16-15-22-13-10-14-24(19-22)28(31)32/h4,6-7,10-16,19H,3,5,8-9,17-18,20H2,1-2H3/b16-15+. The highest BCUT2D eigenvalue weighted by atomic mass is 16.6. The van der Waals surface area contributed by atoms with Gasteiger partial charge in [0.2, 0.25) is 5.91 Å². The summed E-state index contributed by atoms with van der Waals surface area (Å²) < 4.78 is 0. The summed E-state index contributed by atoms with van der Waals surface area (Å²) in [4.78, 5) is 38.4. The van der Waals surface area contributed by atoms with Crippen molar-refractivity contribution in [3.05, 3.63) is 81.9 Å². The van der Waals surface area contributed by atoms with Crippen LogP contribution in [-0.2, 0) is 16.1 Å². The lowest BCUT2D eigenvalue weighted by molar-refractivity contribution is -0.384. The zero-order valence-electron chi connectivity index (χ0n) is 18.8. The molecule has 2 amide bonds. The minimum atomic E-state index is -0.486. The second kappa shape index (κ2) is 13.2. The molecule has 0 aliphatic rings. The fourth-order valence-electron chi connectivity index (χ4n) is 3.40. The monoisotopic (exact) mass is 437 g/mol. The Kier molecular flexibility index (Phi) is 10.3. The highest BCUT2D eigenvalue weighted by Crippen LogP contribution is 2.14. The maximum atomic E-state index is 12.5. The summed E-state index contributed by atoms with van der Waals surface area (Å²) in [5, 5.41) is 10.9. The maximum Gasteiger partial charge on any atom is 0.270 e. The molecule has 2 aromatic carbocycles. The van der Waals surface area contributed by atoms with Crippen molar-refractivity contribution in [1.29, 1.82) is 0 Å². The molecule has 32 heavy (non-hydrogen) atoms. The summed E-state index contributed by atoms with van der Waals surface area (Å²) in [5.41, 5.74) is 1.78. The Balaban J connectivity index is 1.80. The number of nitro benzene ring substituents is 1. The van der Waals surface area contributed by atoms with Gasteiger partial charge in [-0.1, -0.05) is 55.8 Å². The second-order valence-electron chi connectivity index (χ2n) is 7.61. The lowest BCUT2D eigenvalue weighted by Crippen LogP contribution is -2.34. The molecule has 170 valence electrons.